The molecule has 0 amide bonds. The molecule has 0 aromatic carbocycles. The summed E-state index contributed by atoms with van der Waals surface area (Å²) in [7, 11) is 1.39. The predicted molar refractivity (Wildman–Crippen MR) is 39.8 cm³/mol. The molecule has 1 heterocycles. The Morgan fingerprint density at radius 3 is 2.91 bits per heavy atom. The van der Waals surface area contributed by atoms with E-state index in [4.69, 9.17) is 4.74 Å². The van der Waals surface area contributed by atoms with Crippen molar-refractivity contribution in [2.24, 2.45) is 5.41 Å². The molecule has 0 saturated carbocycles. The van der Waals surface area contributed by atoms with Crippen LogP contribution in [0.25, 0.3) is 0 Å². The first-order valence-electron chi connectivity index (χ1n) is 3.63. The van der Waals surface area contributed by atoms with Crippen LogP contribution < -0.4 is 0 Å². The fraction of sp³-hybridized carbons (Fsp3) is 0.625. The maximum Gasteiger partial charge on any atom is 0.319 e. The zero-order valence-corrected chi connectivity index (χ0v) is 6.79. The van der Waals surface area contributed by atoms with E-state index < -0.39 is 5.41 Å². The number of esters is 1. The summed E-state index contributed by atoms with van der Waals surface area (Å²) in [4.78, 5) is 11.2. The van der Waals surface area contributed by atoms with Crippen LogP contribution in [-0.2, 0) is 14.3 Å². The van der Waals surface area contributed by atoms with Crippen LogP contribution in [-0.4, -0.2) is 19.7 Å². The lowest BCUT2D eigenvalue weighted by atomic mass is 9.87. The second-order valence-electron chi connectivity index (χ2n) is 2.62. The molecule has 0 saturated heterocycles. The molecular weight excluding hydrogens is 144 g/mol. The largest absolute Gasteiger partial charge is 0.500 e. The zero-order chi connectivity index (χ0) is 8.32. The first kappa shape index (κ1) is 8.11. The number of carbonyl (C=O) groups is 1. The third kappa shape index (κ3) is 1.23. The fourth-order valence-electron chi connectivity index (χ4n) is 1.12. The molecule has 0 spiro atoms. The average molecular weight is 156 g/mol. The first-order chi connectivity index (χ1) is 5.25. The van der Waals surface area contributed by atoms with E-state index in [0.717, 1.165) is 6.42 Å². The highest BCUT2D eigenvalue weighted by atomic mass is 16.5. The second kappa shape index (κ2) is 2.95. The number of rotatable bonds is 2. The molecule has 1 atom stereocenters. The molecule has 0 bridgehead atoms. The van der Waals surface area contributed by atoms with E-state index in [1.807, 2.05) is 6.92 Å². The smallest absolute Gasteiger partial charge is 0.319 e. The van der Waals surface area contributed by atoms with Crippen LogP contribution in [0.15, 0.2) is 12.3 Å². The van der Waals surface area contributed by atoms with Gasteiger partial charge in [0.05, 0.1) is 13.4 Å². The van der Waals surface area contributed by atoms with Gasteiger partial charge in [0.25, 0.3) is 0 Å². The highest BCUT2D eigenvalue weighted by Gasteiger charge is 2.38. The van der Waals surface area contributed by atoms with Crippen LogP contribution in [0.3, 0.4) is 0 Å². The standard InChI is InChI=1S/C8H12O3/c1-3-8(7(9)10-2)4-5-11-6-8/h4-5H,3,6H2,1-2H3. The Balaban J connectivity index is 2.75. The summed E-state index contributed by atoms with van der Waals surface area (Å²) >= 11 is 0. The van der Waals surface area contributed by atoms with Crippen molar-refractivity contribution >= 4 is 5.97 Å². The van der Waals surface area contributed by atoms with Gasteiger partial charge in [-0.25, -0.2) is 0 Å². The van der Waals surface area contributed by atoms with Crippen molar-refractivity contribution in [1.82, 2.24) is 0 Å². The van der Waals surface area contributed by atoms with Gasteiger partial charge in [-0.1, -0.05) is 6.92 Å². The van der Waals surface area contributed by atoms with Gasteiger partial charge in [0.1, 0.15) is 12.0 Å². The maximum absolute atomic E-state index is 11.2. The van der Waals surface area contributed by atoms with Crippen LogP contribution in [0.2, 0.25) is 0 Å². The molecule has 1 aliphatic rings. The van der Waals surface area contributed by atoms with Gasteiger partial charge in [0, 0.05) is 0 Å². The van der Waals surface area contributed by atoms with Gasteiger partial charge >= 0.3 is 5.97 Å². The molecule has 3 nitrogen and oxygen atoms in total. The maximum atomic E-state index is 11.2. The molecule has 11 heavy (non-hydrogen) atoms. The van der Waals surface area contributed by atoms with Gasteiger partial charge in [0.15, 0.2) is 0 Å². The van der Waals surface area contributed by atoms with E-state index in [1.54, 1.807) is 12.3 Å². The van der Waals surface area contributed by atoms with Crippen molar-refractivity contribution in [3.8, 4) is 0 Å². The minimum absolute atomic E-state index is 0.214. The fourth-order valence-corrected chi connectivity index (χ4v) is 1.12. The molecule has 0 N–H and O–H groups in total. The summed E-state index contributed by atoms with van der Waals surface area (Å²) in [5, 5.41) is 0. The summed E-state index contributed by atoms with van der Waals surface area (Å²) in [5.41, 5.74) is -0.519. The zero-order valence-electron chi connectivity index (χ0n) is 6.79. The van der Waals surface area contributed by atoms with E-state index in [-0.39, 0.29) is 5.97 Å². The number of hydrogen-bond acceptors (Lipinski definition) is 3. The molecule has 1 aliphatic heterocycles. The van der Waals surface area contributed by atoms with Gasteiger partial charge in [-0.15, -0.1) is 0 Å². The summed E-state index contributed by atoms with van der Waals surface area (Å²) in [6.45, 7) is 2.35. The topological polar surface area (TPSA) is 35.5 Å². The molecule has 0 aromatic heterocycles. The van der Waals surface area contributed by atoms with Gasteiger partial charge < -0.3 is 9.47 Å². The summed E-state index contributed by atoms with van der Waals surface area (Å²) in [6.07, 6.45) is 4.04. The summed E-state index contributed by atoms with van der Waals surface area (Å²) < 4.78 is 9.65. The van der Waals surface area contributed by atoms with Gasteiger partial charge in [-0.2, -0.15) is 0 Å². The van der Waals surface area contributed by atoms with Crippen molar-refractivity contribution in [1.29, 1.82) is 0 Å². The normalized spacial score (nSPS) is 28.2. The van der Waals surface area contributed by atoms with E-state index in [9.17, 15) is 4.79 Å². The molecule has 3 heteroatoms. The van der Waals surface area contributed by atoms with Crippen molar-refractivity contribution < 1.29 is 14.3 Å². The quantitative estimate of drug-likeness (QED) is 0.561. The lowest BCUT2D eigenvalue weighted by Crippen LogP contribution is -2.31. The molecule has 1 rings (SSSR count). The highest BCUT2D eigenvalue weighted by molar-refractivity contribution is 5.79. The molecule has 0 aromatic rings. The molecule has 0 aliphatic carbocycles. The highest BCUT2D eigenvalue weighted by Crippen LogP contribution is 2.30. The Labute approximate surface area is 66.0 Å². The molecule has 0 radical (unpaired) electrons. The number of hydrogen-bond donors (Lipinski definition) is 0. The molecule has 1 unspecified atom stereocenters. The van der Waals surface area contributed by atoms with E-state index >= 15 is 0 Å². The number of methoxy groups -OCH3 is 1. The van der Waals surface area contributed by atoms with Gasteiger partial charge in [-0.05, 0) is 12.5 Å². The Hall–Kier alpha value is -0.990. The average Bonchev–Trinajstić information content (AvgIpc) is 2.52. The Kier molecular flexibility index (Phi) is 2.17. The van der Waals surface area contributed by atoms with Crippen molar-refractivity contribution in [2.45, 2.75) is 13.3 Å². The third-order valence-corrected chi connectivity index (χ3v) is 2.05. The van der Waals surface area contributed by atoms with Gasteiger partial charge in [-0.3, -0.25) is 4.79 Å². The summed E-state index contributed by atoms with van der Waals surface area (Å²) in [5.74, 6) is -0.214. The molecule has 0 fully saturated rings. The lowest BCUT2D eigenvalue weighted by Gasteiger charge is -2.19. The van der Waals surface area contributed by atoms with Crippen LogP contribution in [0.4, 0.5) is 0 Å². The number of carbonyl (C=O) groups excluding carboxylic acids is 1. The van der Waals surface area contributed by atoms with E-state index in [0.29, 0.717) is 6.61 Å². The van der Waals surface area contributed by atoms with Crippen LogP contribution in [0.5, 0.6) is 0 Å². The van der Waals surface area contributed by atoms with E-state index in [1.165, 1.54) is 7.11 Å². The second-order valence-corrected chi connectivity index (χ2v) is 2.62. The minimum atomic E-state index is -0.519. The Morgan fingerprint density at radius 2 is 2.55 bits per heavy atom. The first-order valence-corrected chi connectivity index (χ1v) is 3.63. The van der Waals surface area contributed by atoms with E-state index in [2.05, 4.69) is 4.74 Å². The monoisotopic (exact) mass is 156 g/mol. The third-order valence-electron chi connectivity index (χ3n) is 2.05. The van der Waals surface area contributed by atoms with Crippen molar-refractivity contribution in [2.75, 3.05) is 13.7 Å². The van der Waals surface area contributed by atoms with Crippen molar-refractivity contribution in [3.05, 3.63) is 12.3 Å². The predicted octanol–water partition coefficient (Wildman–Crippen LogP) is 1.10. The van der Waals surface area contributed by atoms with Crippen LogP contribution in [0, 0.1) is 5.41 Å². The minimum Gasteiger partial charge on any atom is -0.500 e. The van der Waals surface area contributed by atoms with Crippen molar-refractivity contribution in [3.63, 3.8) is 0 Å². The Bertz CT molecular complexity index is 186. The summed E-state index contributed by atoms with van der Waals surface area (Å²) in [6, 6.07) is 0. The molecule has 62 valence electrons. The van der Waals surface area contributed by atoms with Crippen LogP contribution in [0.1, 0.15) is 13.3 Å². The van der Waals surface area contributed by atoms with Crippen LogP contribution >= 0.6 is 0 Å². The lowest BCUT2D eigenvalue weighted by molar-refractivity contribution is -0.151. The SMILES string of the molecule is CCC1(C(=O)OC)C=COC1. The Morgan fingerprint density at radius 1 is 1.82 bits per heavy atom. The molecular formula is C8H12O3. The van der Waals surface area contributed by atoms with Gasteiger partial charge in [0.2, 0.25) is 0 Å². The number of ether oxygens (including phenoxy) is 2.